The summed E-state index contributed by atoms with van der Waals surface area (Å²) in [6.45, 7) is 8.19. The Morgan fingerprint density at radius 1 is 1.12 bits per heavy atom. The molecular weight excluding hydrogens is 318 g/mol. The molecule has 2 rings (SSSR count). The molecule has 136 valence electrons. The lowest BCUT2D eigenvalue weighted by Crippen LogP contribution is -2.05. The number of hydrogen-bond donors (Lipinski definition) is 2. The summed E-state index contributed by atoms with van der Waals surface area (Å²) in [5.74, 6) is 1.88. The summed E-state index contributed by atoms with van der Waals surface area (Å²) in [5.41, 5.74) is 3.67. The maximum absolute atomic E-state index is 9.72. The number of ether oxygens (including phenoxy) is 2. The second-order valence-electron chi connectivity index (χ2n) is 5.39. The van der Waals surface area contributed by atoms with Crippen molar-refractivity contribution in [3.63, 3.8) is 0 Å². The third kappa shape index (κ3) is 5.71. The summed E-state index contributed by atoms with van der Waals surface area (Å²) in [6.07, 6.45) is 0.750. The van der Waals surface area contributed by atoms with E-state index in [4.69, 9.17) is 14.3 Å². The molecule has 0 spiro atoms. The van der Waals surface area contributed by atoms with Crippen LogP contribution in [0.1, 0.15) is 30.5 Å². The Morgan fingerprint density at radius 3 is 2.40 bits per heavy atom. The number of hydrogen-bond acceptors (Lipinski definition) is 5. The summed E-state index contributed by atoms with van der Waals surface area (Å²) in [7, 11) is 1.88. The highest BCUT2D eigenvalue weighted by Gasteiger charge is 2.11. The lowest BCUT2D eigenvalue weighted by Gasteiger charge is -2.17. The van der Waals surface area contributed by atoms with Gasteiger partial charge in [0.1, 0.15) is 30.1 Å². The monoisotopic (exact) mass is 345 g/mol. The molecule has 2 aromatic carbocycles. The Kier molecular flexibility index (Phi) is 8.33. The van der Waals surface area contributed by atoms with Gasteiger partial charge < -0.3 is 24.7 Å². The van der Waals surface area contributed by atoms with Crippen molar-refractivity contribution in [1.82, 2.24) is 0 Å². The van der Waals surface area contributed by atoms with Crippen molar-refractivity contribution < 1.29 is 19.4 Å². The molecule has 25 heavy (non-hydrogen) atoms. The Balaban J connectivity index is 0.000000970. The maximum atomic E-state index is 9.72. The van der Waals surface area contributed by atoms with Crippen LogP contribution in [0.25, 0.3) is 0 Å². The van der Waals surface area contributed by atoms with Crippen molar-refractivity contribution in [2.45, 2.75) is 34.3 Å². The molecule has 0 heterocycles. The molecule has 5 nitrogen and oxygen atoms in total. The smallest absolute Gasteiger partial charge is 0.127 e. The first-order chi connectivity index (χ1) is 12.0. The number of phenolic OH excluding ortho intramolecular Hbond substituents is 1. The average Bonchev–Trinajstić information content (AvgIpc) is 2.58. The van der Waals surface area contributed by atoms with E-state index in [1.165, 1.54) is 6.92 Å². The molecule has 2 N–H and O–H groups in total. The van der Waals surface area contributed by atoms with Gasteiger partial charge >= 0.3 is 0 Å². The number of aromatic hydroxyl groups is 1. The number of rotatable bonds is 6. The van der Waals surface area contributed by atoms with Gasteiger partial charge in [-0.15, -0.1) is 0 Å². The van der Waals surface area contributed by atoms with Crippen molar-refractivity contribution >= 4 is 12.0 Å². The van der Waals surface area contributed by atoms with E-state index in [0.717, 1.165) is 40.2 Å². The fourth-order valence-electron chi connectivity index (χ4n) is 2.32. The molecule has 0 saturated carbocycles. The van der Waals surface area contributed by atoms with Crippen LogP contribution >= 0.6 is 0 Å². The van der Waals surface area contributed by atoms with E-state index in [-0.39, 0.29) is 5.75 Å². The standard InChI is InChI=1S/C18H23NO3.C2H4O/c1-5-21-17-8-6-7-15(19-4)14(17)11-22-18-10-12(2)16(20)9-13(18)3;1-2-3/h6-10,19-20H,5,11H2,1-4H3;2H,1H3. The van der Waals surface area contributed by atoms with Gasteiger partial charge in [-0.2, -0.15) is 0 Å². The zero-order valence-electron chi connectivity index (χ0n) is 15.6. The van der Waals surface area contributed by atoms with E-state index in [2.05, 4.69) is 5.32 Å². The number of aryl methyl sites for hydroxylation is 2. The first-order valence-corrected chi connectivity index (χ1v) is 8.23. The molecule has 0 aromatic heterocycles. The molecule has 0 bridgehead atoms. The Morgan fingerprint density at radius 2 is 1.80 bits per heavy atom. The number of carbonyl (C=O) groups excluding carboxylic acids is 1. The van der Waals surface area contributed by atoms with Gasteiger partial charge in [-0.25, -0.2) is 0 Å². The van der Waals surface area contributed by atoms with Gasteiger partial charge in [0, 0.05) is 12.7 Å². The molecule has 0 amide bonds. The van der Waals surface area contributed by atoms with Crippen LogP contribution in [0.4, 0.5) is 5.69 Å². The maximum Gasteiger partial charge on any atom is 0.127 e. The third-order valence-corrected chi connectivity index (χ3v) is 3.57. The van der Waals surface area contributed by atoms with Crippen LogP contribution in [-0.4, -0.2) is 25.0 Å². The summed E-state index contributed by atoms with van der Waals surface area (Å²) in [6, 6.07) is 9.47. The van der Waals surface area contributed by atoms with Gasteiger partial charge in [0.05, 0.1) is 12.2 Å². The minimum atomic E-state index is 0.287. The van der Waals surface area contributed by atoms with Crippen molar-refractivity contribution in [1.29, 1.82) is 0 Å². The minimum Gasteiger partial charge on any atom is -0.508 e. The molecule has 0 aliphatic rings. The Hall–Kier alpha value is -2.69. The fraction of sp³-hybridized carbons (Fsp3) is 0.350. The van der Waals surface area contributed by atoms with Gasteiger partial charge in [0.25, 0.3) is 0 Å². The second-order valence-corrected chi connectivity index (χ2v) is 5.39. The molecule has 0 aliphatic heterocycles. The Labute approximate surface area is 149 Å². The van der Waals surface area contributed by atoms with E-state index in [1.54, 1.807) is 6.07 Å². The largest absolute Gasteiger partial charge is 0.508 e. The van der Waals surface area contributed by atoms with Crippen LogP contribution in [0.5, 0.6) is 17.2 Å². The van der Waals surface area contributed by atoms with Gasteiger partial charge in [-0.3, -0.25) is 0 Å². The Bertz CT molecular complexity index is 698. The van der Waals surface area contributed by atoms with Gasteiger partial charge in [-0.1, -0.05) is 6.07 Å². The van der Waals surface area contributed by atoms with Crippen LogP contribution < -0.4 is 14.8 Å². The summed E-state index contributed by atoms with van der Waals surface area (Å²) in [4.78, 5) is 8.81. The highest BCUT2D eigenvalue weighted by Crippen LogP contribution is 2.31. The van der Waals surface area contributed by atoms with E-state index in [1.807, 2.05) is 52.1 Å². The van der Waals surface area contributed by atoms with Gasteiger partial charge in [-0.05, 0) is 63.1 Å². The summed E-state index contributed by atoms with van der Waals surface area (Å²) >= 11 is 0. The molecule has 2 aromatic rings. The number of aldehydes is 1. The first kappa shape index (κ1) is 20.4. The van der Waals surface area contributed by atoms with Crippen LogP contribution in [-0.2, 0) is 11.4 Å². The zero-order chi connectivity index (χ0) is 18.8. The van der Waals surface area contributed by atoms with Gasteiger partial charge in [0.2, 0.25) is 0 Å². The lowest BCUT2D eigenvalue weighted by atomic mass is 10.1. The molecule has 0 fully saturated rings. The normalized spacial score (nSPS) is 9.64. The molecule has 0 saturated heterocycles. The third-order valence-electron chi connectivity index (χ3n) is 3.57. The summed E-state index contributed by atoms with van der Waals surface area (Å²) < 4.78 is 11.6. The van der Waals surface area contributed by atoms with E-state index in [9.17, 15) is 5.11 Å². The van der Waals surface area contributed by atoms with Crippen molar-refractivity contribution in [3.8, 4) is 17.2 Å². The molecule has 0 aliphatic carbocycles. The van der Waals surface area contributed by atoms with E-state index < -0.39 is 0 Å². The lowest BCUT2D eigenvalue weighted by molar-refractivity contribution is -0.106. The molecule has 0 radical (unpaired) electrons. The molecule has 5 heteroatoms. The number of anilines is 1. The number of benzene rings is 2. The zero-order valence-corrected chi connectivity index (χ0v) is 15.6. The van der Waals surface area contributed by atoms with Crippen LogP contribution in [0.15, 0.2) is 30.3 Å². The quantitative estimate of drug-likeness (QED) is 0.767. The van der Waals surface area contributed by atoms with Crippen molar-refractivity contribution in [2.24, 2.45) is 0 Å². The number of carbonyl (C=O) groups is 1. The topological polar surface area (TPSA) is 67.8 Å². The molecule has 0 atom stereocenters. The van der Waals surface area contributed by atoms with Crippen molar-refractivity contribution in [2.75, 3.05) is 19.0 Å². The highest BCUT2D eigenvalue weighted by atomic mass is 16.5. The highest BCUT2D eigenvalue weighted by molar-refractivity contribution is 5.57. The fourth-order valence-corrected chi connectivity index (χ4v) is 2.32. The van der Waals surface area contributed by atoms with Crippen LogP contribution in [0, 0.1) is 13.8 Å². The van der Waals surface area contributed by atoms with Gasteiger partial charge in [0.15, 0.2) is 0 Å². The molecular formula is C20H27NO4. The SMILES string of the molecule is CC=O.CCOc1cccc(NC)c1COc1cc(C)c(O)cc1C. The average molecular weight is 345 g/mol. The van der Waals surface area contributed by atoms with E-state index >= 15 is 0 Å². The van der Waals surface area contributed by atoms with Crippen molar-refractivity contribution in [3.05, 3.63) is 47.0 Å². The summed E-state index contributed by atoms with van der Waals surface area (Å²) in [5, 5.41) is 12.9. The number of phenols is 1. The van der Waals surface area contributed by atoms with Crippen LogP contribution in [0.3, 0.4) is 0 Å². The first-order valence-electron chi connectivity index (χ1n) is 8.23. The predicted molar refractivity (Wildman–Crippen MR) is 101 cm³/mol. The van der Waals surface area contributed by atoms with Crippen LogP contribution in [0.2, 0.25) is 0 Å². The van der Waals surface area contributed by atoms with E-state index in [0.29, 0.717) is 13.2 Å². The predicted octanol–water partition coefficient (Wildman–Crippen LogP) is 4.23. The number of nitrogens with one attached hydrogen (secondary N) is 1. The second kappa shape index (κ2) is 10.2. The molecule has 0 unspecified atom stereocenters. The minimum absolute atomic E-state index is 0.287.